The first-order valence-corrected chi connectivity index (χ1v) is 9.55. The van der Waals surface area contributed by atoms with E-state index < -0.39 is 5.92 Å². The van der Waals surface area contributed by atoms with Crippen LogP contribution in [0.2, 0.25) is 5.02 Å². The Kier molecular flexibility index (Phi) is 4.72. The number of rotatable bonds is 4. The van der Waals surface area contributed by atoms with E-state index in [0.29, 0.717) is 21.6 Å². The Morgan fingerprint density at radius 2 is 2.15 bits per heavy atom. The van der Waals surface area contributed by atoms with E-state index in [9.17, 15) is 9.59 Å². The lowest BCUT2D eigenvalue weighted by molar-refractivity contribution is -0.122. The average molecular weight is 402 g/mol. The Balaban J connectivity index is 1.51. The Bertz CT molecular complexity index is 1000. The molecule has 3 aromatic rings. The molecule has 1 unspecified atom stereocenters. The van der Waals surface area contributed by atoms with Crippen LogP contribution in [0.25, 0.3) is 10.2 Å². The number of carbonyl (C=O) groups is 2. The smallest absolute Gasteiger partial charge is 0.231 e. The van der Waals surface area contributed by atoms with E-state index in [1.807, 2.05) is 24.3 Å². The molecule has 0 aliphatic carbocycles. The number of thiazole rings is 1. The molecule has 0 radical (unpaired) electrons. The maximum Gasteiger partial charge on any atom is 0.231 e. The number of aromatic nitrogens is 1. The molecule has 0 spiro atoms. The number of nitrogens with zero attached hydrogens (tertiary/aromatic N) is 2. The minimum absolute atomic E-state index is 0.131. The number of para-hydroxylation sites is 1. The van der Waals surface area contributed by atoms with Crippen molar-refractivity contribution < 1.29 is 14.3 Å². The van der Waals surface area contributed by atoms with Crippen LogP contribution >= 0.6 is 22.9 Å². The van der Waals surface area contributed by atoms with Crippen LogP contribution in [-0.2, 0) is 9.59 Å². The minimum Gasteiger partial charge on any atom is -0.495 e. The molecule has 2 aromatic carbocycles. The third-order valence-electron chi connectivity index (χ3n) is 4.45. The third-order valence-corrected chi connectivity index (χ3v) is 5.64. The van der Waals surface area contributed by atoms with Gasteiger partial charge >= 0.3 is 0 Å². The molecule has 4 rings (SSSR count). The fraction of sp³-hybridized carbons (Fsp3) is 0.211. The third kappa shape index (κ3) is 3.48. The molecule has 1 atom stereocenters. The number of methoxy groups -OCH3 is 1. The van der Waals surface area contributed by atoms with Gasteiger partial charge in [-0.15, -0.1) is 0 Å². The van der Waals surface area contributed by atoms with Gasteiger partial charge in [0.05, 0.1) is 28.9 Å². The Hall–Kier alpha value is -2.64. The van der Waals surface area contributed by atoms with E-state index in [-0.39, 0.29) is 24.8 Å². The molecule has 1 fully saturated rings. The zero-order chi connectivity index (χ0) is 19.0. The van der Waals surface area contributed by atoms with E-state index in [1.165, 1.54) is 18.4 Å². The van der Waals surface area contributed by atoms with Crippen LogP contribution in [0, 0.1) is 5.92 Å². The second kappa shape index (κ2) is 7.17. The van der Waals surface area contributed by atoms with Crippen molar-refractivity contribution in [3.8, 4) is 5.75 Å². The van der Waals surface area contributed by atoms with Gasteiger partial charge in [0.15, 0.2) is 5.13 Å². The first-order valence-electron chi connectivity index (χ1n) is 8.35. The van der Waals surface area contributed by atoms with Crippen LogP contribution in [-0.4, -0.2) is 30.5 Å². The molecule has 1 aliphatic rings. The molecular formula is C19H16ClN3O3S. The summed E-state index contributed by atoms with van der Waals surface area (Å²) >= 11 is 7.48. The highest BCUT2D eigenvalue weighted by atomic mass is 35.5. The van der Waals surface area contributed by atoms with Crippen molar-refractivity contribution in [2.24, 2.45) is 5.92 Å². The SMILES string of the molecule is COc1ccc(Cl)cc1N1CC(C(=O)Nc2nc3ccccc3s2)CC1=O. The van der Waals surface area contributed by atoms with Gasteiger partial charge in [0.1, 0.15) is 5.75 Å². The molecule has 1 aliphatic heterocycles. The lowest BCUT2D eigenvalue weighted by Gasteiger charge is -2.19. The quantitative estimate of drug-likeness (QED) is 0.718. The fourth-order valence-electron chi connectivity index (χ4n) is 3.12. The van der Waals surface area contributed by atoms with Crippen LogP contribution in [0.1, 0.15) is 6.42 Å². The molecule has 2 amide bonds. The number of carbonyl (C=O) groups excluding carboxylic acids is 2. The molecule has 6 nitrogen and oxygen atoms in total. The molecule has 1 saturated heterocycles. The van der Waals surface area contributed by atoms with Crippen LogP contribution in [0.15, 0.2) is 42.5 Å². The molecule has 8 heteroatoms. The van der Waals surface area contributed by atoms with Crippen LogP contribution < -0.4 is 15.0 Å². The molecule has 0 bridgehead atoms. The van der Waals surface area contributed by atoms with E-state index in [0.717, 1.165) is 10.2 Å². The summed E-state index contributed by atoms with van der Waals surface area (Å²) in [4.78, 5) is 31.1. The lowest BCUT2D eigenvalue weighted by atomic mass is 10.1. The molecule has 1 N–H and O–H groups in total. The maximum absolute atomic E-state index is 12.7. The number of hydrogen-bond acceptors (Lipinski definition) is 5. The maximum atomic E-state index is 12.7. The summed E-state index contributed by atoms with van der Waals surface area (Å²) in [5.74, 6) is -0.279. The number of amides is 2. The highest BCUT2D eigenvalue weighted by molar-refractivity contribution is 7.22. The van der Waals surface area contributed by atoms with Gasteiger partial charge < -0.3 is 15.0 Å². The van der Waals surface area contributed by atoms with Crippen molar-refractivity contribution in [3.05, 3.63) is 47.5 Å². The van der Waals surface area contributed by atoms with Crippen LogP contribution in [0.3, 0.4) is 0 Å². The van der Waals surface area contributed by atoms with Crippen molar-refractivity contribution >= 4 is 55.8 Å². The summed E-state index contributed by atoms with van der Waals surface area (Å²) in [5, 5.41) is 3.87. The van der Waals surface area contributed by atoms with E-state index in [1.54, 1.807) is 23.1 Å². The van der Waals surface area contributed by atoms with Crippen molar-refractivity contribution in [2.75, 3.05) is 23.9 Å². The number of anilines is 2. The lowest BCUT2D eigenvalue weighted by Crippen LogP contribution is -2.28. The predicted octanol–water partition coefficient (Wildman–Crippen LogP) is 3.95. The van der Waals surface area contributed by atoms with Gasteiger partial charge in [0, 0.05) is 18.0 Å². The summed E-state index contributed by atoms with van der Waals surface area (Å²) in [6.07, 6.45) is 0.131. The topological polar surface area (TPSA) is 71.5 Å². The first kappa shape index (κ1) is 17.8. The molecule has 27 heavy (non-hydrogen) atoms. The van der Waals surface area contributed by atoms with Crippen LogP contribution in [0.4, 0.5) is 10.8 Å². The molecule has 2 heterocycles. The number of halogens is 1. The Morgan fingerprint density at radius 3 is 2.93 bits per heavy atom. The van der Waals surface area contributed by atoms with Gasteiger partial charge in [-0.2, -0.15) is 0 Å². The molecule has 0 saturated carbocycles. The first-order chi connectivity index (χ1) is 13.0. The van der Waals surface area contributed by atoms with Crippen LogP contribution in [0.5, 0.6) is 5.75 Å². The predicted molar refractivity (Wildman–Crippen MR) is 107 cm³/mol. The molecular weight excluding hydrogens is 386 g/mol. The molecule has 138 valence electrons. The van der Waals surface area contributed by atoms with Crippen molar-refractivity contribution in [1.29, 1.82) is 0 Å². The number of hydrogen-bond donors (Lipinski definition) is 1. The largest absolute Gasteiger partial charge is 0.495 e. The number of benzene rings is 2. The zero-order valence-electron chi connectivity index (χ0n) is 14.4. The monoisotopic (exact) mass is 401 g/mol. The minimum atomic E-state index is -0.465. The summed E-state index contributed by atoms with van der Waals surface area (Å²) in [6.45, 7) is 0.270. The number of fused-ring (bicyclic) bond motifs is 1. The van der Waals surface area contributed by atoms with Crippen molar-refractivity contribution in [3.63, 3.8) is 0 Å². The summed E-state index contributed by atoms with van der Waals surface area (Å²) in [6, 6.07) is 12.8. The summed E-state index contributed by atoms with van der Waals surface area (Å²) < 4.78 is 6.33. The van der Waals surface area contributed by atoms with E-state index >= 15 is 0 Å². The second-order valence-corrected chi connectivity index (χ2v) is 7.66. The highest BCUT2D eigenvalue weighted by Gasteiger charge is 2.36. The normalized spacial score (nSPS) is 16.7. The number of nitrogens with one attached hydrogen (secondary N) is 1. The van der Waals surface area contributed by atoms with Gasteiger partial charge in [0.2, 0.25) is 11.8 Å². The Morgan fingerprint density at radius 1 is 1.33 bits per heavy atom. The standard InChI is InChI=1S/C19H16ClN3O3S/c1-26-15-7-6-12(20)9-14(15)23-10-11(8-17(23)24)18(25)22-19-21-13-4-2-3-5-16(13)27-19/h2-7,9,11H,8,10H2,1H3,(H,21,22,25). The van der Waals surface area contributed by atoms with E-state index in [2.05, 4.69) is 10.3 Å². The molecule has 1 aromatic heterocycles. The van der Waals surface area contributed by atoms with Gasteiger partial charge in [-0.1, -0.05) is 35.1 Å². The number of ether oxygens (including phenoxy) is 1. The van der Waals surface area contributed by atoms with Gasteiger partial charge in [-0.3, -0.25) is 9.59 Å². The fourth-order valence-corrected chi connectivity index (χ4v) is 4.16. The highest BCUT2D eigenvalue weighted by Crippen LogP contribution is 2.35. The summed E-state index contributed by atoms with van der Waals surface area (Å²) in [5.41, 5.74) is 1.41. The van der Waals surface area contributed by atoms with Gasteiger partial charge in [-0.05, 0) is 30.3 Å². The van der Waals surface area contributed by atoms with Crippen molar-refractivity contribution in [1.82, 2.24) is 4.98 Å². The summed E-state index contributed by atoms with van der Waals surface area (Å²) in [7, 11) is 1.53. The van der Waals surface area contributed by atoms with Gasteiger partial charge in [-0.25, -0.2) is 4.98 Å². The zero-order valence-corrected chi connectivity index (χ0v) is 16.0. The van der Waals surface area contributed by atoms with E-state index in [4.69, 9.17) is 16.3 Å². The average Bonchev–Trinajstić information content (AvgIpc) is 3.24. The second-order valence-electron chi connectivity index (χ2n) is 6.20. The Labute approximate surface area is 164 Å². The van der Waals surface area contributed by atoms with Gasteiger partial charge in [0.25, 0.3) is 0 Å². The van der Waals surface area contributed by atoms with Crippen molar-refractivity contribution in [2.45, 2.75) is 6.42 Å².